The van der Waals surface area contributed by atoms with Crippen LogP contribution in [-0.4, -0.2) is 30.3 Å². The van der Waals surface area contributed by atoms with E-state index in [1.807, 2.05) is 0 Å². The molecule has 0 amide bonds. The van der Waals surface area contributed by atoms with E-state index in [-0.39, 0.29) is 11.8 Å². The highest BCUT2D eigenvalue weighted by molar-refractivity contribution is 6.30. The maximum absolute atomic E-state index is 11.4. The molecule has 1 fully saturated rings. The molecule has 74 valence electrons. The Bertz CT molecular complexity index is 352. The molecular formula is C9H8ClNO3. The Morgan fingerprint density at radius 2 is 2.43 bits per heavy atom. The molecule has 2 rings (SSSR count). The lowest BCUT2D eigenvalue weighted by atomic mass is 10.3. The van der Waals surface area contributed by atoms with Gasteiger partial charge < -0.3 is 9.47 Å². The molecule has 2 heterocycles. The topological polar surface area (TPSA) is 48.4 Å². The Labute approximate surface area is 85.8 Å². The van der Waals surface area contributed by atoms with Crippen LogP contribution < -0.4 is 0 Å². The molecule has 0 bridgehead atoms. The van der Waals surface area contributed by atoms with Crippen molar-refractivity contribution in [3.8, 4) is 0 Å². The summed E-state index contributed by atoms with van der Waals surface area (Å²) in [4.78, 5) is 15.3. The lowest BCUT2D eigenvalue weighted by Crippen LogP contribution is -2.37. The summed E-state index contributed by atoms with van der Waals surface area (Å²) in [6.45, 7) is 0.929. The number of rotatable bonds is 2. The highest BCUT2D eigenvalue weighted by Crippen LogP contribution is 2.12. The Hall–Kier alpha value is -1.13. The average Bonchev–Trinajstić information content (AvgIpc) is 2.11. The van der Waals surface area contributed by atoms with E-state index in [0.29, 0.717) is 18.2 Å². The molecule has 0 unspecified atom stereocenters. The van der Waals surface area contributed by atoms with Crippen LogP contribution in [0.15, 0.2) is 18.3 Å². The number of hydrogen-bond acceptors (Lipinski definition) is 4. The first kappa shape index (κ1) is 9.43. The molecule has 1 aliphatic heterocycles. The van der Waals surface area contributed by atoms with Crippen LogP contribution in [-0.2, 0) is 9.47 Å². The summed E-state index contributed by atoms with van der Waals surface area (Å²) in [5.41, 5.74) is 0.226. The van der Waals surface area contributed by atoms with Crippen LogP contribution in [0.25, 0.3) is 0 Å². The Morgan fingerprint density at radius 3 is 3.00 bits per heavy atom. The Balaban J connectivity index is 2.02. The fraction of sp³-hybridized carbons (Fsp3) is 0.333. The first-order chi connectivity index (χ1) is 6.75. The van der Waals surface area contributed by atoms with E-state index in [0.717, 1.165) is 0 Å². The molecule has 5 heteroatoms. The van der Waals surface area contributed by atoms with E-state index in [2.05, 4.69) is 4.98 Å². The molecule has 1 saturated heterocycles. The third kappa shape index (κ3) is 2.02. The van der Waals surface area contributed by atoms with Crippen LogP contribution in [0.5, 0.6) is 0 Å². The number of nitrogens with zero attached hydrogens (tertiary/aromatic N) is 1. The molecule has 1 aromatic rings. The van der Waals surface area contributed by atoms with E-state index >= 15 is 0 Å². The van der Waals surface area contributed by atoms with Gasteiger partial charge in [-0.2, -0.15) is 0 Å². The minimum Gasteiger partial charge on any atom is -0.453 e. The molecule has 1 aromatic heterocycles. The lowest BCUT2D eigenvalue weighted by molar-refractivity contribution is -0.103. The fourth-order valence-electron chi connectivity index (χ4n) is 1.01. The minimum atomic E-state index is -0.458. The van der Waals surface area contributed by atoms with Crippen molar-refractivity contribution in [1.82, 2.24) is 4.98 Å². The quantitative estimate of drug-likeness (QED) is 0.695. The van der Waals surface area contributed by atoms with Crippen LogP contribution in [0, 0.1) is 0 Å². The molecule has 0 saturated carbocycles. The van der Waals surface area contributed by atoms with Crippen molar-refractivity contribution in [2.45, 2.75) is 6.10 Å². The number of halogens is 1. The van der Waals surface area contributed by atoms with Crippen LogP contribution in [0.1, 0.15) is 10.5 Å². The van der Waals surface area contributed by atoms with Crippen molar-refractivity contribution in [3.05, 3.63) is 29.0 Å². The molecule has 0 N–H and O–H groups in total. The van der Waals surface area contributed by atoms with Crippen LogP contribution in [0.2, 0.25) is 5.02 Å². The second-order valence-electron chi connectivity index (χ2n) is 2.92. The van der Waals surface area contributed by atoms with E-state index in [9.17, 15) is 4.79 Å². The molecule has 1 aliphatic rings. The van der Waals surface area contributed by atoms with E-state index < -0.39 is 5.97 Å². The van der Waals surface area contributed by atoms with Crippen LogP contribution in [0.3, 0.4) is 0 Å². The molecule has 0 atom stereocenters. The van der Waals surface area contributed by atoms with Crippen molar-refractivity contribution in [1.29, 1.82) is 0 Å². The lowest BCUT2D eigenvalue weighted by Gasteiger charge is -2.25. The van der Waals surface area contributed by atoms with Crippen LogP contribution in [0.4, 0.5) is 0 Å². The molecule has 0 spiro atoms. The number of esters is 1. The summed E-state index contributed by atoms with van der Waals surface area (Å²) in [6.07, 6.45) is 1.33. The van der Waals surface area contributed by atoms with E-state index in [1.165, 1.54) is 12.3 Å². The predicted molar refractivity (Wildman–Crippen MR) is 49.3 cm³/mol. The van der Waals surface area contributed by atoms with Gasteiger partial charge in [0.1, 0.15) is 11.8 Å². The van der Waals surface area contributed by atoms with Gasteiger partial charge in [0.05, 0.1) is 13.2 Å². The van der Waals surface area contributed by atoms with E-state index in [4.69, 9.17) is 21.1 Å². The van der Waals surface area contributed by atoms with Gasteiger partial charge in [0.25, 0.3) is 0 Å². The number of carbonyl (C=O) groups is 1. The van der Waals surface area contributed by atoms with Crippen molar-refractivity contribution in [2.24, 2.45) is 0 Å². The molecule has 0 aromatic carbocycles. The molecule has 0 radical (unpaired) electrons. The highest BCUT2D eigenvalue weighted by Gasteiger charge is 2.23. The van der Waals surface area contributed by atoms with Crippen LogP contribution >= 0.6 is 11.6 Å². The van der Waals surface area contributed by atoms with Gasteiger partial charge in [0.2, 0.25) is 0 Å². The number of hydrogen-bond donors (Lipinski definition) is 0. The molecule has 14 heavy (non-hydrogen) atoms. The number of aromatic nitrogens is 1. The predicted octanol–water partition coefficient (Wildman–Crippen LogP) is 1.29. The Morgan fingerprint density at radius 1 is 1.64 bits per heavy atom. The average molecular weight is 214 g/mol. The largest absolute Gasteiger partial charge is 0.453 e. The maximum Gasteiger partial charge on any atom is 0.357 e. The third-order valence-electron chi connectivity index (χ3n) is 1.81. The highest BCUT2D eigenvalue weighted by atomic mass is 35.5. The maximum atomic E-state index is 11.4. The first-order valence-corrected chi connectivity index (χ1v) is 4.54. The zero-order valence-corrected chi connectivity index (χ0v) is 8.03. The summed E-state index contributed by atoms with van der Waals surface area (Å²) in [7, 11) is 0. The fourth-order valence-corrected chi connectivity index (χ4v) is 1.17. The standard InChI is InChI=1S/C9H8ClNO3/c10-6-1-2-11-8(3-6)9(12)14-7-4-13-5-7/h1-3,7H,4-5H2. The van der Waals surface area contributed by atoms with Crippen molar-refractivity contribution in [2.75, 3.05) is 13.2 Å². The second-order valence-corrected chi connectivity index (χ2v) is 3.36. The molecular weight excluding hydrogens is 206 g/mol. The van der Waals surface area contributed by atoms with Gasteiger partial charge in [-0.1, -0.05) is 11.6 Å². The SMILES string of the molecule is O=C(OC1COC1)c1cc(Cl)ccn1. The summed E-state index contributed by atoms with van der Waals surface area (Å²) in [6, 6.07) is 3.08. The van der Waals surface area contributed by atoms with Gasteiger partial charge in [-0.3, -0.25) is 0 Å². The minimum absolute atomic E-state index is 0.136. The van der Waals surface area contributed by atoms with Crippen molar-refractivity contribution >= 4 is 17.6 Å². The third-order valence-corrected chi connectivity index (χ3v) is 2.05. The van der Waals surface area contributed by atoms with Gasteiger partial charge in [-0.15, -0.1) is 0 Å². The normalized spacial score (nSPS) is 16.1. The molecule has 4 nitrogen and oxygen atoms in total. The van der Waals surface area contributed by atoms with Gasteiger partial charge in [0.15, 0.2) is 0 Å². The smallest absolute Gasteiger partial charge is 0.357 e. The number of pyridine rings is 1. The number of carbonyl (C=O) groups excluding carboxylic acids is 1. The zero-order chi connectivity index (χ0) is 9.97. The monoisotopic (exact) mass is 213 g/mol. The van der Waals surface area contributed by atoms with Gasteiger partial charge in [0, 0.05) is 11.2 Å². The summed E-state index contributed by atoms with van der Waals surface area (Å²) >= 11 is 5.70. The van der Waals surface area contributed by atoms with Crippen molar-refractivity contribution < 1.29 is 14.3 Å². The first-order valence-electron chi connectivity index (χ1n) is 4.16. The Kier molecular flexibility index (Phi) is 2.65. The van der Waals surface area contributed by atoms with Gasteiger partial charge >= 0.3 is 5.97 Å². The van der Waals surface area contributed by atoms with Gasteiger partial charge in [-0.25, -0.2) is 9.78 Å². The summed E-state index contributed by atoms with van der Waals surface area (Å²) < 4.78 is 9.91. The summed E-state index contributed by atoms with van der Waals surface area (Å²) in [5, 5.41) is 0.469. The van der Waals surface area contributed by atoms with Gasteiger partial charge in [-0.05, 0) is 12.1 Å². The van der Waals surface area contributed by atoms with Crippen molar-refractivity contribution in [3.63, 3.8) is 0 Å². The summed E-state index contributed by atoms with van der Waals surface area (Å²) in [5.74, 6) is -0.458. The zero-order valence-electron chi connectivity index (χ0n) is 7.27. The van der Waals surface area contributed by atoms with E-state index in [1.54, 1.807) is 6.07 Å². The molecule has 0 aliphatic carbocycles. The number of ether oxygens (including phenoxy) is 2. The second kappa shape index (κ2) is 3.94.